The van der Waals surface area contributed by atoms with Gasteiger partial charge in [-0.2, -0.15) is 0 Å². The van der Waals surface area contributed by atoms with Crippen LogP contribution in [0, 0.1) is 12.8 Å². The molecule has 0 aliphatic heterocycles. The van der Waals surface area contributed by atoms with Crippen molar-refractivity contribution < 1.29 is 9.53 Å². The van der Waals surface area contributed by atoms with E-state index in [0.717, 1.165) is 28.3 Å². The average Bonchev–Trinajstić information content (AvgIpc) is 2.83. The minimum Gasteiger partial charge on any atom is -0.489 e. The lowest BCUT2D eigenvalue weighted by Gasteiger charge is -2.16. The topological polar surface area (TPSA) is 50.4 Å². The number of rotatable bonds is 8. The molecule has 0 spiro atoms. The molecular formula is C29H30N2O2. The molecule has 0 saturated heterocycles. The molecule has 4 rings (SSSR count). The molecule has 0 radical (unpaired) electrons. The Morgan fingerprint density at radius 2 is 1.55 bits per heavy atom. The molecule has 1 amide bonds. The zero-order valence-corrected chi connectivity index (χ0v) is 19.4. The van der Waals surface area contributed by atoms with Gasteiger partial charge < -0.3 is 15.4 Å². The van der Waals surface area contributed by atoms with E-state index in [-0.39, 0.29) is 11.8 Å². The van der Waals surface area contributed by atoms with Gasteiger partial charge >= 0.3 is 0 Å². The maximum Gasteiger partial charge on any atom is 0.226 e. The summed E-state index contributed by atoms with van der Waals surface area (Å²) in [7, 11) is 0. The zero-order chi connectivity index (χ0) is 23.2. The Hall–Kier alpha value is -3.79. The summed E-state index contributed by atoms with van der Waals surface area (Å²) in [5.74, 6) is 0.844. The van der Waals surface area contributed by atoms with Crippen LogP contribution in [0.3, 0.4) is 0 Å². The second-order valence-electron chi connectivity index (χ2n) is 8.61. The third-order valence-electron chi connectivity index (χ3n) is 5.66. The summed E-state index contributed by atoms with van der Waals surface area (Å²) in [5.41, 5.74) is 5.29. The number of hydrogen-bond acceptors (Lipinski definition) is 3. The van der Waals surface area contributed by atoms with Crippen LogP contribution in [0.5, 0.6) is 5.75 Å². The lowest BCUT2D eigenvalue weighted by molar-refractivity contribution is -0.118. The van der Waals surface area contributed by atoms with Crippen molar-refractivity contribution in [2.45, 2.75) is 33.9 Å². The molecule has 4 heteroatoms. The number of fused-ring (bicyclic) bond motifs is 1. The van der Waals surface area contributed by atoms with Crippen LogP contribution in [0.15, 0.2) is 84.9 Å². The van der Waals surface area contributed by atoms with Crippen LogP contribution in [-0.4, -0.2) is 5.91 Å². The third kappa shape index (κ3) is 5.72. The lowest BCUT2D eigenvalue weighted by Crippen LogP contribution is -2.17. The van der Waals surface area contributed by atoms with Crippen LogP contribution in [-0.2, 0) is 17.9 Å². The first kappa shape index (κ1) is 22.4. The first-order valence-corrected chi connectivity index (χ1v) is 11.3. The van der Waals surface area contributed by atoms with Gasteiger partial charge in [0.25, 0.3) is 0 Å². The molecule has 168 valence electrons. The monoisotopic (exact) mass is 438 g/mol. The molecule has 0 atom stereocenters. The summed E-state index contributed by atoms with van der Waals surface area (Å²) in [6.45, 7) is 7.00. The first-order valence-electron chi connectivity index (χ1n) is 11.3. The number of benzene rings is 4. The summed E-state index contributed by atoms with van der Waals surface area (Å²) in [6.07, 6.45) is 0. The Balaban J connectivity index is 1.51. The summed E-state index contributed by atoms with van der Waals surface area (Å²) in [4.78, 5) is 11.9. The molecule has 0 heterocycles. The molecule has 4 aromatic rings. The molecule has 0 aliphatic rings. The number of ether oxygens (including phenoxy) is 1. The van der Waals surface area contributed by atoms with Crippen LogP contribution in [0.4, 0.5) is 11.4 Å². The summed E-state index contributed by atoms with van der Waals surface area (Å²) in [5, 5.41) is 8.79. The molecule has 0 bridgehead atoms. The van der Waals surface area contributed by atoms with E-state index in [0.29, 0.717) is 13.2 Å². The third-order valence-corrected chi connectivity index (χ3v) is 5.66. The summed E-state index contributed by atoms with van der Waals surface area (Å²) < 4.78 is 6.26. The average molecular weight is 439 g/mol. The van der Waals surface area contributed by atoms with Crippen molar-refractivity contribution in [3.8, 4) is 5.75 Å². The number of anilines is 2. The molecule has 0 aliphatic carbocycles. The number of carbonyl (C=O) groups is 1. The van der Waals surface area contributed by atoms with E-state index in [4.69, 9.17) is 4.74 Å². The van der Waals surface area contributed by atoms with E-state index in [9.17, 15) is 4.79 Å². The summed E-state index contributed by atoms with van der Waals surface area (Å²) >= 11 is 0. The fourth-order valence-electron chi connectivity index (χ4n) is 3.63. The molecule has 2 N–H and O–H groups in total. The highest BCUT2D eigenvalue weighted by molar-refractivity contribution is 5.92. The van der Waals surface area contributed by atoms with Crippen LogP contribution in [0.25, 0.3) is 10.8 Å². The Labute approximate surface area is 195 Å². The number of hydrogen-bond donors (Lipinski definition) is 2. The maximum atomic E-state index is 11.9. The van der Waals surface area contributed by atoms with Gasteiger partial charge in [0.05, 0.1) is 0 Å². The van der Waals surface area contributed by atoms with Crippen molar-refractivity contribution in [1.29, 1.82) is 0 Å². The van der Waals surface area contributed by atoms with E-state index in [1.54, 1.807) is 0 Å². The van der Waals surface area contributed by atoms with E-state index < -0.39 is 0 Å². The van der Waals surface area contributed by atoms with Crippen molar-refractivity contribution in [2.24, 2.45) is 5.92 Å². The van der Waals surface area contributed by atoms with Crippen molar-refractivity contribution in [2.75, 3.05) is 10.6 Å². The highest BCUT2D eigenvalue weighted by atomic mass is 16.5. The molecule has 0 fully saturated rings. The van der Waals surface area contributed by atoms with Gasteiger partial charge in [-0.25, -0.2) is 0 Å². The predicted octanol–water partition coefficient (Wildman–Crippen LogP) is 6.93. The molecule has 4 aromatic carbocycles. The van der Waals surface area contributed by atoms with Gasteiger partial charge in [-0.3, -0.25) is 4.79 Å². The van der Waals surface area contributed by atoms with Crippen molar-refractivity contribution in [3.63, 3.8) is 0 Å². The molecule has 4 nitrogen and oxygen atoms in total. The largest absolute Gasteiger partial charge is 0.489 e. The SMILES string of the molecule is Cc1ccc(COc2ccc3ccccc3c2CNc2ccc(NC(=O)C(C)C)cc2)cc1. The number of carbonyl (C=O) groups excluding carboxylic acids is 1. The summed E-state index contributed by atoms with van der Waals surface area (Å²) in [6, 6.07) is 28.7. The number of nitrogens with one attached hydrogen (secondary N) is 2. The van der Waals surface area contributed by atoms with Crippen molar-refractivity contribution >= 4 is 28.1 Å². The van der Waals surface area contributed by atoms with Crippen LogP contribution in [0.1, 0.15) is 30.5 Å². The molecule has 0 unspecified atom stereocenters. The minimum atomic E-state index is -0.0486. The van der Waals surface area contributed by atoms with Crippen molar-refractivity contribution in [3.05, 3.63) is 102 Å². The van der Waals surface area contributed by atoms with E-state index in [2.05, 4.69) is 78.2 Å². The highest BCUT2D eigenvalue weighted by Gasteiger charge is 2.10. The molecule has 0 saturated carbocycles. The zero-order valence-electron chi connectivity index (χ0n) is 19.4. The normalized spacial score (nSPS) is 10.9. The standard InChI is InChI=1S/C29H30N2O2/c1-20(2)29(32)31-25-15-13-24(14-16-25)30-18-27-26-7-5-4-6-23(26)12-17-28(27)33-19-22-10-8-21(3)9-11-22/h4-17,20,30H,18-19H2,1-3H3,(H,31,32). The second-order valence-corrected chi connectivity index (χ2v) is 8.61. The Kier molecular flexibility index (Phi) is 6.94. The van der Waals surface area contributed by atoms with E-state index in [1.165, 1.54) is 16.3 Å². The van der Waals surface area contributed by atoms with Gasteiger partial charge in [-0.15, -0.1) is 0 Å². The Morgan fingerprint density at radius 3 is 2.27 bits per heavy atom. The Morgan fingerprint density at radius 1 is 0.848 bits per heavy atom. The fraction of sp³-hybridized carbons (Fsp3) is 0.207. The second kappa shape index (κ2) is 10.2. The smallest absolute Gasteiger partial charge is 0.226 e. The minimum absolute atomic E-state index is 0.0156. The van der Waals surface area contributed by atoms with Crippen LogP contribution >= 0.6 is 0 Å². The van der Waals surface area contributed by atoms with Gasteiger partial charge in [0.1, 0.15) is 12.4 Å². The fourth-order valence-corrected chi connectivity index (χ4v) is 3.63. The van der Waals surface area contributed by atoms with Crippen LogP contribution < -0.4 is 15.4 Å². The van der Waals surface area contributed by atoms with E-state index >= 15 is 0 Å². The lowest BCUT2D eigenvalue weighted by atomic mass is 10.0. The van der Waals surface area contributed by atoms with Gasteiger partial charge in [-0.1, -0.05) is 74.0 Å². The maximum absolute atomic E-state index is 11.9. The molecule has 0 aromatic heterocycles. The first-order chi connectivity index (χ1) is 16.0. The molecular weight excluding hydrogens is 408 g/mol. The Bertz CT molecular complexity index is 1230. The van der Waals surface area contributed by atoms with Crippen LogP contribution in [0.2, 0.25) is 0 Å². The highest BCUT2D eigenvalue weighted by Crippen LogP contribution is 2.30. The van der Waals surface area contributed by atoms with Gasteiger partial charge in [0, 0.05) is 29.4 Å². The number of aryl methyl sites for hydroxylation is 1. The van der Waals surface area contributed by atoms with Gasteiger partial charge in [-0.05, 0) is 53.6 Å². The van der Waals surface area contributed by atoms with Crippen molar-refractivity contribution in [1.82, 2.24) is 0 Å². The van der Waals surface area contributed by atoms with Gasteiger partial charge in [0.15, 0.2) is 0 Å². The quantitative estimate of drug-likeness (QED) is 0.313. The van der Waals surface area contributed by atoms with E-state index in [1.807, 2.05) is 38.1 Å². The van der Waals surface area contributed by atoms with Gasteiger partial charge in [0.2, 0.25) is 5.91 Å². The number of amides is 1. The predicted molar refractivity (Wildman–Crippen MR) is 137 cm³/mol. The molecule has 33 heavy (non-hydrogen) atoms.